The molecule has 0 atom stereocenters. The van der Waals surface area contributed by atoms with Gasteiger partial charge in [-0.2, -0.15) is 8.42 Å². The van der Waals surface area contributed by atoms with Crippen LogP contribution >= 0.6 is 23.2 Å². The highest BCUT2D eigenvalue weighted by atomic mass is 35.5. The third-order valence-electron chi connectivity index (χ3n) is 5.51. The summed E-state index contributed by atoms with van der Waals surface area (Å²) in [5.74, 6) is -0.567. The molecule has 0 aliphatic carbocycles. The number of amides is 1. The monoisotopic (exact) mass is 573 g/mol. The molecule has 0 aromatic heterocycles. The van der Waals surface area contributed by atoms with Gasteiger partial charge < -0.3 is 15.2 Å². The number of carbonyl (C=O) groups excluding carboxylic acids is 1. The summed E-state index contributed by atoms with van der Waals surface area (Å²) in [6, 6.07) is 15.6. The quantitative estimate of drug-likeness (QED) is 0.155. The van der Waals surface area contributed by atoms with Crippen LogP contribution in [0.25, 0.3) is 10.8 Å². The fourth-order valence-electron chi connectivity index (χ4n) is 3.75. The van der Waals surface area contributed by atoms with Crippen LogP contribution in [0.4, 0.5) is 17.1 Å². The summed E-state index contributed by atoms with van der Waals surface area (Å²) in [4.78, 5) is 12.8. The highest BCUT2D eigenvalue weighted by Gasteiger charge is 2.20. The second-order valence-corrected chi connectivity index (χ2v) is 10.3. The number of anilines is 1. The molecule has 9 nitrogen and oxygen atoms in total. The number of benzene rings is 4. The lowest BCUT2D eigenvalue weighted by atomic mass is 10.0. The molecule has 0 heterocycles. The maximum atomic E-state index is 13.1. The van der Waals surface area contributed by atoms with E-state index in [-0.39, 0.29) is 32.4 Å². The van der Waals surface area contributed by atoms with E-state index >= 15 is 0 Å². The van der Waals surface area contributed by atoms with Crippen LogP contribution in [0, 0.1) is 6.92 Å². The molecule has 0 fully saturated rings. The number of rotatable bonds is 7. The lowest BCUT2D eigenvalue weighted by Crippen LogP contribution is -2.12. The van der Waals surface area contributed by atoms with Crippen LogP contribution in [0.1, 0.15) is 22.8 Å². The molecule has 0 aliphatic rings. The first kappa shape index (κ1) is 27.3. The topological polar surface area (TPSA) is 138 Å². The maximum Gasteiger partial charge on any atom is 0.294 e. The maximum absolute atomic E-state index is 13.1. The summed E-state index contributed by atoms with van der Waals surface area (Å²) in [5, 5.41) is 23.3. The molecule has 12 heteroatoms. The van der Waals surface area contributed by atoms with Gasteiger partial charge in [0.25, 0.3) is 16.0 Å². The van der Waals surface area contributed by atoms with Crippen molar-refractivity contribution in [2.45, 2.75) is 18.7 Å². The van der Waals surface area contributed by atoms with E-state index in [9.17, 15) is 22.9 Å². The number of hydrogen-bond donors (Lipinski definition) is 3. The Bertz CT molecular complexity index is 1710. The van der Waals surface area contributed by atoms with E-state index in [1.165, 1.54) is 25.1 Å². The van der Waals surface area contributed by atoms with Gasteiger partial charge in [0.05, 0.1) is 27.1 Å². The summed E-state index contributed by atoms with van der Waals surface area (Å²) in [6.07, 6.45) is 0. The number of phenols is 1. The number of fused-ring (bicyclic) bond motifs is 1. The number of azo groups is 1. The Kier molecular flexibility index (Phi) is 7.89. The Balaban J connectivity index is 1.74. The van der Waals surface area contributed by atoms with Gasteiger partial charge in [0.1, 0.15) is 17.1 Å². The van der Waals surface area contributed by atoms with Gasteiger partial charge in [-0.25, -0.2) is 0 Å². The van der Waals surface area contributed by atoms with Crippen molar-refractivity contribution in [1.29, 1.82) is 0 Å². The molecule has 196 valence electrons. The van der Waals surface area contributed by atoms with Gasteiger partial charge >= 0.3 is 0 Å². The standard InChI is InChI=1S/C26H21Cl2N3O6S/c1-3-37-22-9-8-16(12-20(22)28)29-26(33)18-11-15-6-4-5-7-17(15)24(25(18)32)31-30-21-10-14(2)23(13-19(21)27)38(34,35)36/h4-13,32H,3H2,1-2H3,(H,29,33)(H,34,35,36). The average molecular weight is 574 g/mol. The molecule has 38 heavy (non-hydrogen) atoms. The lowest BCUT2D eigenvalue weighted by molar-refractivity contribution is 0.102. The zero-order valence-corrected chi connectivity index (χ0v) is 22.4. The molecule has 0 radical (unpaired) electrons. The van der Waals surface area contributed by atoms with Crippen molar-refractivity contribution in [2.24, 2.45) is 10.2 Å². The van der Waals surface area contributed by atoms with Crippen molar-refractivity contribution in [2.75, 3.05) is 11.9 Å². The van der Waals surface area contributed by atoms with E-state index in [2.05, 4.69) is 15.5 Å². The molecular weight excluding hydrogens is 553 g/mol. The van der Waals surface area contributed by atoms with E-state index < -0.39 is 21.8 Å². The van der Waals surface area contributed by atoms with E-state index in [1.807, 2.05) is 6.92 Å². The molecule has 4 aromatic rings. The molecule has 4 rings (SSSR count). The third-order valence-corrected chi connectivity index (χ3v) is 7.10. The third kappa shape index (κ3) is 5.73. The number of nitrogens with one attached hydrogen (secondary N) is 1. The zero-order valence-electron chi connectivity index (χ0n) is 20.1. The van der Waals surface area contributed by atoms with Crippen LogP contribution in [0.15, 0.2) is 75.8 Å². The molecule has 1 amide bonds. The Hall–Kier alpha value is -3.70. The number of aryl methyl sites for hydroxylation is 1. The van der Waals surface area contributed by atoms with Crippen LogP contribution in [-0.2, 0) is 10.1 Å². The van der Waals surface area contributed by atoms with Crippen LogP contribution in [0.3, 0.4) is 0 Å². The van der Waals surface area contributed by atoms with E-state index in [0.717, 1.165) is 6.07 Å². The number of ether oxygens (including phenoxy) is 1. The summed E-state index contributed by atoms with van der Waals surface area (Å²) in [7, 11) is -4.48. The zero-order chi connectivity index (χ0) is 27.6. The highest BCUT2D eigenvalue weighted by Crippen LogP contribution is 2.41. The fraction of sp³-hybridized carbons (Fsp3) is 0.115. The fourth-order valence-corrected chi connectivity index (χ4v) is 4.98. The van der Waals surface area contributed by atoms with Crippen molar-refractivity contribution < 1.29 is 27.6 Å². The van der Waals surface area contributed by atoms with Gasteiger partial charge in [0, 0.05) is 11.1 Å². The average Bonchev–Trinajstić information content (AvgIpc) is 2.85. The van der Waals surface area contributed by atoms with Crippen molar-refractivity contribution in [1.82, 2.24) is 0 Å². The van der Waals surface area contributed by atoms with E-state index in [1.54, 1.807) is 36.4 Å². The number of phenolic OH excluding ortho intramolecular Hbond substituents is 1. The second-order valence-electron chi connectivity index (χ2n) is 8.12. The van der Waals surface area contributed by atoms with Gasteiger partial charge in [0.15, 0.2) is 5.75 Å². The molecule has 0 spiro atoms. The van der Waals surface area contributed by atoms with E-state index in [0.29, 0.717) is 33.8 Å². The van der Waals surface area contributed by atoms with Gasteiger partial charge in [-0.15, -0.1) is 10.2 Å². The molecule has 0 unspecified atom stereocenters. The Morgan fingerprint density at radius 3 is 2.45 bits per heavy atom. The van der Waals surface area contributed by atoms with Crippen molar-refractivity contribution in [3.05, 3.63) is 81.8 Å². The molecule has 0 bridgehead atoms. The van der Waals surface area contributed by atoms with Crippen LogP contribution in [-0.4, -0.2) is 30.6 Å². The van der Waals surface area contributed by atoms with Gasteiger partial charge in [0.2, 0.25) is 0 Å². The number of halogens is 2. The number of hydrogen-bond acceptors (Lipinski definition) is 7. The molecular formula is C26H21Cl2N3O6S. The van der Waals surface area contributed by atoms with Crippen LogP contribution in [0.5, 0.6) is 11.5 Å². The van der Waals surface area contributed by atoms with Crippen molar-refractivity contribution >= 4 is 67.1 Å². The molecule has 4 aromatic carbocycles. The summed E-state index contributed by atoms with van der Waals surface area (Å²) in [6.45, 7) is 3.72. The van der Waals surface area contributed by atoms with Gasteiger partial charge in [-0.1, -0.05) is 47.5 Å². The van der Waals surface area contributed by atoms with Crippen LogP contribution in [0.2, 0.25) is 10.0 Å². The second kappa shape index (κ2) is 11.0. The highest BCUT2D eigenvalue weighted by molar-refractivity contribution is 7.85. The first-order valence-corrected chi connectivity index (χ1v) is 13.4. The minimum atomic E-state index is -4.48. The number of aromatic hydroxyl groups is 1. The number of carbonyl (C=O) groups is 1. The van der Waals surface area contributed by atoms with Crippen molar-refractivity contribution in [3.8, 4) is 11.5 Å². The molecule has 0 aliphatic heterocycles. The Morgan fingerprint density at radius 2 is 1.76 bits per heavy atom. The number of nitrogens with zero attached hydrogens (tertiary/aromatic N) is 2. The largest absolute Gasteiger partial charge is 0.505 e. The predicted molar refractivity (Wildman–Crippen MR) is 146 cm³/mol. The smallest absolute Gasteiger partial charge is 0.294 e. The summed E-state index contributed by atoms with van der Waals surface area (Å²) >= 11 is 12.4. The van der Waals surface area contributed by atoms with Gasteiger partial charge in [-0.3, -0.25) is 9.35 Å². The first-order chi connectivity index (χ1) is 18.0. The molecule has 0 saturated carbocycles. The predicted octanol–water partition coefficient (Wildman–Crippen LogP) is 7.47. The minimum absolute atomic E-state index is 0.00514. The van der Waals surface area contributed by atoms with E-state index in [4.69, 9.17) is 27.9 Å². The molecule has 0 saturated heterocycles. The summed E-state index contributed by atoms with van der Waals surface area (Å²) in [5.41, 5.74) is 0.624. The Morgan fingerprint density at radius 1 is 1.03 bits per heavy atom. The first-order valence-electron chi connectivity index (χ1n) is 11.2. The lowest BCUT2D eigenvalue weighted by Gasteiger charge is -2.12. The minimum Gasteiger partial charge on any atom is -0.505 e. The summed E-state index contributed by atoms with van der Waals surface area (Å²) < 4.78 is 37.9. The normalized spacial score (nSPS) is 11.7. The SMILES string of the molecule is CCOc1ccc(NC(=O)c2cc3ccccc3c(N=Nc3cc(C)c(S(=O)(=O)O)cc3Cl)c2O)cc1Cl. The van der Waals surface area contributed by atoms with Gasteiger partial charge in [-0.05, 0) is 61.2 Å². The van der Waals surface area contributed by atoms with Crippen molar-refractivity contribution in [3.63, 3.8) is 0 Å². The van der Waals surface area contributed by atoms with Crippen LogP contribution < -0.4 is 10.1 Å². The molecule has 3 N–H and O–H groups in total. The Labute approximate surface area is 228 Å².